The summed E-state index contributed by atoms with van der Waals surface area (Å²) in [5, 5.41) is 20.1. The third-order valence-electron chi connectivity index (χ3n) is 4.45. The molecule has 0 aliphatic rings. The average molecular weight is 533 g/mol. The number of ether oxygens (including phenoxy) is 1. The Balaban J connectivity index is 1.56. The lowest BCUT2D eigenvalue weighted by atomic mass is 10.2. The van der Waals surface area contributed by atoms with Gasteiger partial charge in [0.25, 0.3) is 5.56 Å². The van der Waals surface area contributed by atoms with Crippen molar-refractivity contribution < 1.29 is 9.53 Å². The zero-order chi connectivity index (χ0) is 24.8. The molecule has 0 unspecified atom stereocenters. The molecule has 0 saturated heterocycles. The number of hydrogen-bond donors (Lipinski definition) is 3. The molecule has 0 saturated carbocycles. The third-order valence-corrected chi connectivity index (χ3v) is 7.23. The first-order valence-electron chi connectivity index (χ1n) is 10.3. The van der Waals surface area contributed by atoms with Gasteiger partial charge in [0.2, 0.25) is 11.0 Å². The summed E-state index contributed by atoms with van der Waals surface area (Å²) in [7, 11) is 1.57. The second kappa shape index (κ2) is 11.3. The fourth-order valence-corrected chi connectivity index (χ4v) is 5.45. The Labute approximate surface area is 211 Å². The minimum atomic E-state index is -0.605. The Bertz CT molecular complexity index is 1400. The van der Waals surface area contributed by atoms with E-state index in [-0.39, 0.29) is 18.1 Å². The highest BCUT2D eigenvalue weighted by Gasteiger charge is 2.18. The number of nitrogens with zero attached hydrogens (tertiary/aromatic N) is 5. The number of nitrogens with one attached hydrogen (secondary N) is 3. The second-order valence-electron chi connectivity index (χ2n) is 6.86. The quantitative estimate of drug-likeness (QED) is 0.203. The van der Waals surface area contributed by atoms with Crippen molar-refractivity contribution in [3.63, 3.8) is 0 Å². The number of carbonyl (C=O) groups excluding carboxylic acids is 1. The highest BCUT2D eigenvalue weighted by molar-refractivity contribution is 8.01. The minimum absolute atomic E-state index is 0.0615. The maximum atomic E-state index is 12.5. The van der Waals surface area contributed by atoms with Gasteiger partial charge in [0.1, 0.15) is 11.6 Å². The van der Waals surface area contributed by atoms with Crippen LogP contribution in [-0.4, -0.2) is 59.5 Å². The number of methoxy groups -OCH3 is 1. The molecular weight excluding hydrogens is 512 g/mol. The van der Waals surface area contributed by atoms with Crippen LogP contribution in [0.15, 0.2) is 49.4 Å². The Morgan fingerprint density at radius 2 is 1.91 bits per heavy atom. The summed E-state index contributed by atoms with van der Waals surface area (Å²) in [6.45, 7) is 2.02. The van der Waals surface area contributed by atoms with Gasteiger partial charge in [-0.15, -0.1) is 20.4 Å². The molecule has 0 fully saturated rings. The first-order valence-corrected chi connectivity index (χ1v) is 13.0. The standard InChI is InChI=1S/C20H20N8O4S3/c1-3-33-20-27-25-18(35-20)23-16(30)10-34-19-26-24-14(8-11-9-15(29)22-17(31)21-11)28(19)12-4-6-13(32-2)7-5-12/h4-7,9H,3,8,10H2,1-2H3,(H,23,25,30)(H2,21,22,29,31). The van der Waals surface area contributed by atoms with Crippen LogP contribution in [0.3, 0.4) is 0 Å². The number of rotatable bonds is 10. The number of carbonyl (C=O) groups is 1. The lowest BCUT2D eigenvalue weighted by Crippen LogP contribution is -2.23. The van der Waals surface area contributed by atoms with Crippen molar-refractivity contribution in [1.82, 2.24) is 34.9 Å². The second-order valence-corrected chi connectivity index (χ2v) is 10.3. The van der Waals surface area contributed by atoms with Crippen LogP contribution in [0.25, 0.3) is 5.69 Å². The normalized spacial score (nSPS) is 10.9. The van der Waals surface area contributed by atoms with E-state index in [1.807, 2.05) is 19.1 Å². The Kier molecular flexibility index (Phi) is 7.99. The maximum Gasteiger partial charge on any atom is 0.325 e. The number of amides is 1. The summed E-state index contributed by atoms with van der Waals surface area (Å²) < 4.78 is 7.78. The molecule has 0 aliphatic carbocycles. The van der Waals surface area contributed by atoms with Gasteiger partial charge in [-0.2, -0.15) is 0 Å². The molecule has 15 heteroatoms. The average Bonchev–Trinajstić information content (AvgIpc) is 3.44. The molecule has 4 aromatic rings. The molecule has 35 heavy (non-hydrogen) atoms. The number of anilines is 1. The molecule has 4 rings (SSSR count). The zero-order valence-corrected chi connectivity index (χ0v) is 21.1. The van der Waals surface area contributed by atoms with E-state index in [1.165, 1.54) is 29.2 Å². The van der Waals surface area contributed by atoms with Gasteiger partial charge >= 0.3 is 5.69 Å². The van der Waals surface area contributed by atoms with Crippen molar-refractivity contribution in [1.29, 1.82) is 0 Å². The molecule has 1 aromatic carbocycles. The minimum Gasteiger partial charge on any atom is -0.497 e. The van der Waals surface area contributed by atoms with Crippen molar-refractivity contribution in [2.24, 2.45) is 0 Å². The van der Waals surface area contributed by atoms with E-state index in [2.05, 4.69) is 35.7 Å². The molecule has 3 heterocycles. The van der Waals surface area contributed by atoms with E-state index in [9.17, 15) is 14.4 Å². The zero-order valence-electron chi connectivity index (χ0n) is 18.6. The predicted molar refractivity (Wildman–Crippen MR) is 134 cm³/mol. The van der Waals surface area contributed by atoms with Crippen LogP contribution >= 0.6 is 34.9 Å². The largest absolute Gasteiger partial charge is 0.497 e. The molecular formula is C20H20N8O4S3. The summed E-state index contributed by atoms with van der Waals surface area (Å²) in [6.07, 6.45) is 0.146. The van der Waals surface area contributed by atoms with Crippen LogP contribution in [0, 0.1) is 0 Å². The molecule has 1 amide bonds. The number of aromatic amines is 2. The summed E-state index contributed by atoms with van der Waals surface area (Å²) in [5.74, 6) is 1.82. The van der Waals surface area contributed by atoms with Gasteiger partial charge < -0.3 is 9.72 Å². The topological polar surface area (TPSA) is 161 Å². The van der Waals surface area contributed by atoms with E-state index in [0.717, 1.165) is 15.8 Å². The fourth-order valence-electron chi connectivity index (χ4n) is 3.01. The summed E-state index contributed by atoms with van der Waals surface area (Å²) in [5.41, 5.74) is -0.00682. The van der Waals surface area contributed by atoms with Gasteiger partial charge in [0.05, 0.1) is 12.9 Å². The van der Waals surface area contributed by atoms with Crippen molar-refractivity contribution in [3.8, 4) is 11.4 Å². The predicted octanol–water partition coefficient (Wildman–Crippen LogP) is 1.94. The number of hydrogen-bond acceptors (Lipinski definition) is 11. The van der Waals surface area contributed by atoms with Crippen LogP contribution in [0.4, 0.5) is 5.13 Å². The van der Waals surface area contributed by atoms with E-state index in [1.54, 1.807) is 35.6 Å². The van der Waals surface area contributed by atoms with Gasteiger partial charge in [0, 0.05) is 23.9 Å². The summed E-state index contributed by atoms with van der Waals surface area (Å²) in [6, 6.07) is 8.52. The van der Waals surface area contributed by atoms with Crippen molar-refractivity contribution in [2.75, 3.05) is 23.9 Å². The van der Waals surface area contributed by atoms with E-state index < -0.39 is 11.2 Å². The Morgan fingerprint density at radius 3 is 2.63 bits per heavy atom. The van der Waals surface area contributed by atoms with E-state index in [0.29, 0.717) is 27.6 Å². The number of thioether (sulfide) groups is 2. The van der Waals surface area contributed by atoms with Crippen molar-refractivity contribution >= 4 is 45.9 Å². The van der Waals surface area contributed by atoms with Gasteiger partial charge in [-0.25, -0.2) is 4.79 Å². The molecule has 0 aliphatic heterocycles. The van der Waals surface area contributed by atoms with Crippen molar-refractivity contribution in [3.05, 3.63) is 62.7 Å². The Morgan fingerprint density at radius 1 is 1.11 bits per heavy atom. The van der Waals surface area contributed by atoms with Crippen LogP contribution in [-0.2, 0) is 11.2 Å². The molecule has 0 atom stereocenters. The van der Waals surface area contributed by atoms with E-state index >= 15 is 0 Å². The van der Waals surface area contributed by atoms with Crippen LogP contribution in [0.5, 0.6) is 5.75 Å². The fraction of sp³-hybridized carbons (Fsp3) is 0.250. The van der Waals surface area contributed by atoms with Gasteiger partial charge in [-0.3, -0.25) is 24.5 Å². The monoisotopic (exact) mass is 532 g/mol. The molecule has 3 N–H and O–H groups in total. The van der Waals surface area contributed by atoms with Gasteiger partial charge in [-0.1, -0.05) is 41.8 Å². The van der Waals surface area contributed by atoms with Crippen molar-refractivity contribution in [2.45, 2.75) is 22.8 Å². The van der Waals surface area contributed by atoms with Crippen LogP contribution in [0.2, 0.25) is 0 Å². The third kappa shape index (κ3) is 6.37. The smallest absolute Gasteiger partial charge is 0.325 e. The SMILES string of the molecule is CCSc1nnc(NC(=O)CSc2nnc(Cc3cc(=O)[nH]c(=O)[nH]3)n2-c2ccc(OC)cc2)s1. The van der Waals surface area contributed by atoms with Gasteiger partial charge in [-0.05, 0) is 30.0 Å². The van der Waals surface area contributed by atoms with Crippen LogP contribution in [0.1, 0.15) is 18.4 Å². The molecule has 0 radical (unpaired) electrons. The lowest BCUT2D eigenvalue weighted by molar-refractivity contribution is -0.113. The highest BCUT2D eigenvalue weighted by atomic mass is 32.2. The number of benzene rings is 1. The molecule has 0 bridgehead atoms. The van der Waals surface area contributed by atoms with Gasteiger partial charge in [0.15, 0.2) is 9.50 Å². The summed E-state index contributed by atoms with van der Waals surface area (Å²) >= 11 is 4.06. The summed E-state index contributed by atoms with van der Waals surface area (Å²) in [4.78, 5) is 40.6. The molecule has 3 aromatic heterocycles. The molecule has 12 nitrogen and oxygen atoms in total. The number of aromatic nitrogens is 7. The first kappa shape index (κ1) is 24.7. The van der Waals surface area contributed by atoms with E-state index in [4.69, 9.17) is 4.74 Å². The maximum absolute atomic E-state index is 12.5. The number of H-pyrrole nitrogens is 2. The first-order chi connectivity index (χ1) is 16.9. The Hall–Kier alpha value is -3.43. The molecule has 182 valence electrons. The lowest BCUT2D eigenvalue weighted by Gasteiger charge is -2.11. The highest BCUT2D eigenvalue weighted by Crippen LogP contribution is 2.27. The van der Waals surface area contributed by atoms with Crippen LogP contribution < -0.4 is 21.3 Å². The molecule has 0 spiro atoms.